The van der Waals surface area contributed by atoms with Crippen LogP contribution in [-0.4, -0.2) is 17.5 Å². The minimum absolute atomic E-state index is 0.0319. The van der Waals surface area contributed by atoms with Crippen molar-refractivity contribution in [2.45, 2.75) is 84.2 Å². The highest BCUT2D eigenvalue weighted by atomic mass is 19.4. The number of carbonyl (C=O) groups excluding carboxylic acids is 1. The summed E-state index contributed by atoms with van der Waals surface area (Å²) in [7, 11) is 0. The number of phenolic OH excluding ortho intramolecular Hbond substituents is 1. The van der Waals surface area contributed by atoms with Crippen molar-refractivity contribution in [2.24, 2.45) is 17.8 Å². The van der Waals surface area contributed by atoms with Gasteiger partial charge in [-0.15, -0.1) is 0 Å². The van der Waals surface area contributed by atoms with Gasteiger partial charge in [0.25, 0.3) is 0 Å². The number of carbonyl (C=O) groups is 1. The molecular weight excluding hydrogens is 417 g/mol. The highest BCUT2D eigenvalue weighted by Crippen LogP contribution is 2.45. The zero-order valence-corrected chi connectivity index (χ0v) is 19.1. The number of ketones is 1. The largest absolute Gasteiger partial charge is 0.506 e. The van der Waals surface area contributed by atoms with Crippen molar-refractivity contribution in [1.29, 1.82) is 0 Å². The summed E-state index contributed by atoms with van der Waals surface area (Å²) in [5.41, 5.74) is -0.604. The number of hydrogen-bond acceptors (Lipinski definition) is 3. The summed E-state index contributed by atoms with van der Waals surface area (Å²) >= 11 is 0. The molecule has 2 aliphatic carbocycles. The summed E-state index contributed by atoms with van der Waals surface area (Å²) < 4.78 is 45.4. The second kappa shape index (κ2) is 10.8. The first-order valence-electron chi connectivity index (χ1n) is 12.0. The Morgan fingerprint density at radius 3 is 2.38 bits per heavy atom. The molecular formula is C26H35F3O3. The van der Waals surface area contributed by atoms with Crippen molar-refractivity contribution in [2.75, 3.05) is 6.61 Å². The van der Waals surface area contributed by atoms with Crippen LogP contribution in [0.25, 0.3) is 0 Å². The molecule has 0 spiro atoms. The van der Waals surface area contributed by atoms with E-state index in [1.165, 1.54) is 44.6 Å². The second-order valence-electron chi connectivity index (χ2n) is 9.33. The van der Waals surface area contributed by atoms with Gasteiger partial charge in [0.15, 0.2) is 5.78 Å². The molecule has 1 unspecified atom stereocenters. The number of phenols is 1. The fourth-order valence-electron chi connectivity index (χ4n) is 5.50. The lowest BCUT2D eigenvalue weighted by atomic mass is 9.70. The molecule has 2 aliphatic rings. The highest BCUT2D eigenvalue weighted by Gasteiger charge is 2.39. The number of benzene rings is 1. The first-order valence-corrected chi connectivity index (χ1v) is 12.0. The molecule has 3 nitrogen and oxygen atoms in total. The predicted octanol–water partition coefficient (Wildman–Crippen LogP) is 7.72. The van der Waals surface area contributed by atoms with E-state index in [1.807, 2.05) is 0 Å². The number of Topliss-reactive ketones (excluding diaryl/α,β-unsaturated/α-hetero) is 1. The molecule has 3 rings (SSSR count). The van der Waals surface area contributed by atoms with E-state index in [4.69, 9.17) is 4.74 Å². The van der Waals surface area contributed by atoms with Crippen LogP contribution in [-0.2, 0) is 6.18 Å². The molecule has 0 aromatic heterocycles. The van der Waals surface area contributed by atoms with Gasteiger partial charge < -0.3 is 9.84 Å². The first kappa shape index (κ1) is 24.7. The lowest BCUT2D eigenvalue weighted by Crippen LogP contribution is -2.23. The molecule has 32 heavy (non-hydrogen) atoms. The van der Waals surface area contributed by atoms with E-state index in [0.717, 1.165) is 42.7 Å². The molecule has 0 bridgehead atoms. The van der Waals surface area contributed by atoms with E-state index in [1.54, 1.807) is 6.92 Å². The van der Waals surface area contributed by atoms with Gasteiger partial charge in [0.2, 0.25) is 0 Å². The third-order valence-electron chi connectivity index (χ3n) is 7.21. The number of hydrogen-bond donors (Lipinski definition) is 1. The van der Waals surface area contributed by atoms with Crippen LogP contribution in [0.3, 0.4) is 0 Å². The van der Waals surface area contributed by atoms with Gasteiger partial charge in [0.1, 0.15) is 17.1 Å². The molecule has 1 aromatic rings. The van der Waals surface area contributed by atoms with Crippen molar-refractivity contribution < 1.29 is 27.8 Å². The Morgan fingerprint density at radius 1 is 1.09 bits per heavy atom. The highest BCUT2D eigenvalue weighted by molar-refractivity contribution is 6.00. The number of alkyl halides is 3. The zero-order chi connectivity index (χ0) is 23.3. The van der Waals surface area contributed by atoms with Crippen LogP contribution in [0.2, 0.25) is 0 Å². The van der Waals surface area contributed by atoms with Gasteiger partial charge >= 0.3 is 6.18 Å². The van der Waals surface area contributed by atoms with Gasteiger partial charge in [-0.05, 0) is 68.9 Å². The van der Waals surface area contributed by atoms with Gasteiger partial charge in [-0.1, -0.05) is 44.3 Å². The Morgan fingerprint density at radius 2 is 1.81 bits per heavy atom. The standard InChI is InChI=1S/C26H35F3O3/c1-3-5-17-6-10-19(11-7-17)20-12-8-18(9-13-20)16-22(30)21-14-15-23(32-4-2)24(25(21)31)26(27,28)29/h8,14-15,17,19-20,31H,3-7,9-13,16H2,1-2H3. The van der Waals surface area contributed by atoms with E-state index < -0.39 is 29.0 Å². The molecule has 1 saturated carbocycles. The second-order valence-corrected chi connectivity index (χ2v) is 9.33. The summed E-state index contributed by atoms with van der Waals surface area (Å²) in [6.45, 7) is 3.85. The lowest BCUT2D eigenvalue weighted by molar-refractivity contribution is -0.140. The molecule has 1 N–H and O–H groups in total. The van der Waals surface area contributed by atoms with Crippen LogP contribution in [0, 0.1) is 17.8 Å². The summed E-state index contributed by atoms with van der Waals surface area (Å²) in [6.07, 6.45) is 7.94. The predicted molar refractivity (Wildman–Crippen MR) is 119 cm³/mol. The molecule has 0 amide bonds. The average Bonchev–Trinajstić information content (AvgIpc) is 2.74. The van der Waals surface area contributed by atoms with Crippen LogP contribution >= 0.6 is 0 Å². The van der Waals surface area contributed by atoms with Crippen molar-refractivity contribution in [3.8, 4) is 11.5 Å². The summed E-state index contributed by atoms with van der Waals surface area (Å²) in [5, 5.41) is 10.3. The third-order valence-corrected chi connectivity index (χ3v) is 7.21. The van der Waals surface area contributed by atoms with E-state index in [0.29, 0.717) is 5.92 Å². The van der Waals surface area contributed by atoms with E-state index in [9.17, 15) is 23.1 Å². The van der Waals surface area contributed by atoms with Crippen LogP contribution in [0.4, 0.5) is 13.2 Å². The van der Waals surface area contributed by atoms with Gasteiger partial charge in [-0.2, -0.15) is 13.2 Å². The molecule has 1 fully saturated rings. The zero-order valence-electron chi connectivity index (χ0n) is 19.1. The molecule has 0 saturated heterocycles. The smallest absolute Gasteiger partial charge is 0.423 e. The first-order chi connectivity index (χ1) is 15.2. The van der Waals surface area contributed by atoms with E-state index in [2.05, 4.69) is 13.0 Å². The Bertz CT molecular complexity index is 820. The maximum Gasteiger partial charge on any atom is 0.423 e. The molecule has 1 aromatic carbocycles. The van der Waals surface area contributed by atoms with Crippen molar-refractivity contribution in [3.63, 3.8) is 0 Å². The minimum Gasteiger partial charge on any atom is -0.506 e. The quantitative estimate of drug-likeness (QED) is 0.324. The molecule has 0 heterocycles. The molecule has 178 valence electrons. The SMILES string of the molecule is CCCC1CCC(C2CC=C(CC(=O)c3ccc(OCC)c(C(F)(F)F)c3O)CC2)CC1. The number of ether oxygens (including phenoxy) is 1. The van der Waals surface area contributed by atoms with Gasteiger partial charge in [0.05, 0.1) is 12.2 Å². The molecule has 0 radical (unpaired) electrons. The normalized spacial score (nSPS) is 24.2. The summed E-state index contributed by atoms with van der Waals surface area (Å²) in [4.78, 5) is 12.8. The number of allylic oxidation sites excluding steroid dienone is 2. The maximum atomic E-state index is 13.5. The van der Waals surface area contributed by atoms with Gasteiger partial charge in [-0.25, -0.2) is 0 Å². The topological polar surface area (TPSA) is 46.5 Å². The monoisotopic (exact) mass is 452 g/mol. The Balaban J connectivity index is 1.63. The van der Waals surface area contributed by atoms with Crippen LogP contribution in [0.15, 0.2) is 23.8 Å². The third kappa shape index (κ3) is 5.87. The molecule has 6 heteroatoms. The number of halogens is 3. The Labute approximate surface area is 189 Å². The lowest BCUT2D eigenvalue weighted by Gasteiger charge is -2.35. The summed E-state index contributed by atoms with van der Waals surface area (Å²) in [5.74, 6) is 0.301. The fourth-order valence-corrected chi connectivity index (χ4v) is 5.50. The van der Waals surface area contributed by atoms with Crippen molar-refractivity contribution in [3.05, 3.63) is 34.9 Å². The fraction of sp³-hybridized carbons (Fsp3) is 0.654. The van der Waals surface area contributed by atoms with E-state index >= 15 is 0 Å². The number of aromatic hydroxyl groups is 1. The average molecular weight is 453 g/mol. The number of rotatable bonds is 8. The van der Waals surface area contributed by atoms with Gasteiger partial charge in [-0.3, -0.25) is 4.79 Å². The van der Waals surface area contributed by atoms with Crippen LogP contribution in [0.1, 0.15) is 94.0 Å². The molecule has 1 atom stereocenters. The van der Waals surface area contributed by atoms with Crippen molar-refractivity contribution in [1.82, 2.24) is 0 Å². The minimum atomic E-state index is -4.81. The summed E-state index contributed by atoms with van der Waals surface area (Å²) in [6, 6.07) is 2.36. The van der Waals surface area contributed by atoms with Crippen LogP contribution < -0.4 is 4.74 Å². The Hall–Kier alpha value is -1.98. The maximum absolute atomic E-state index is 13.5. The van der Waals surface area contributed by atoms with Crippen LogP contribution in [0.5, 0.6) is 11.5 Å². The van der Waals surface area contributed by atoms with E-state index in [-0.39, 0.29) is 18.6 Å². The molecule has 0 aliphatic heterocycles. The Kier molecular flexibility index (Phi) is 8.29. The van der Waals surface area contributed by atoms with Crippen molar-refractivity contribution >= 4 is 5.78 Å². The van der Waals surface area contributed by atoms with Gasteiger partial charge in [0, 0.05) is 6.42 Å².